The summed E-state index contributed by atoms with van der Waals surface area (Å²) in [5.74, 6) is 0. The van der Waals surface area contributed by atoms with Crippen LogP contribution in [0.5, 0.6) is 0 Å². The predicted octanol–water partition coefficient (Wildman–Crippen LogP) is 2.51. The van der Waals surface area contributed by atoms with Crippen molar-refractivity contribution >= 4 is 6.29 Å². The molecule has 0 aromatic heterocycles. The van der Waals surface area contributed by atoms with Crippen LogP contribution >= 0.6 is 0 Å². The van der Waals surface area contributed by atoms with Gasteiger partial charge in [0.1, 0.15) is 12.4 Å². The minimum atomic E-state index is -0.610. The van der Waals surface area contributed by atoms with Gasteiger partial charge in [-0.2, -0.15) is 0 Å². The Morgan fingerprint density at radius 2 is 1.53 bits per heavy atom. The van der Waals surface area contributed by atoms with Gasteiger partial charge in [0.2, 0.25) is 0 Å². The van der Waals surface area contributed by atoms with Gasteiger partial charge >= 0.3 is 0 Å². The lowest BCUT2D eigenvalue weighted by molar-refractivity contribution is -0.107. The maximum Gasteiger partial charge on any atom is 0.124 e. The highest BCUT2D eigenvalue weighted by Crippen LogP contribution is 2.21. The zero-order chi connectivity index (χ0) is 12.1. The zero-order valence-corrected chi connectivity index (χ0v) is 9.41. The van der Waals surface area contributed by atoms with Crippen molar-refractivity contribution in [1.82, 2.24) is 0 Å². The van der Waals surface area contributed by atoms with Gasteiger partial charge in [-0.1, -0.05) is 54.6 Å². The van der Waals surface area contributed by atoms with Crippen molar-refractivity contribution in [2.24, 2.45) is 0 Å². The summed E-state index contributed by atoms with van der Waals surface area (Å²) in [6.07, 6.45) is 0.686. The van der Waals surface area contributed by atoms with Gasteiger partial charge in [-0.25, -0.2) is 0 Å². The molecule has 0 amide bonds. The minimum Gasteiger partial charge on any atom is -0.384 e. The average molecular weight is 226 g/mol. The van der Waals surface area contributed by atoms with E-state index in [0.29, 0.717) is 6.42 Å². The Morgan fingerprint density at radius 1 is 0.941 bits per heavy atom. The van der Waals surface area contributed by atoms with E-state index in [9.17, 15) is 9.90 Å². The first-order valence-electron chi connectivity index (χ1n) is 5.57. The van der Waals surface area contributed by atoms with Crippen LogP contribution in [0, 0.1) is 0 Å². The molecule has 17 heavy (non-hydrogen) atoms. The third kappa shape index (κ3) is 2.80. The fraction of sp³-hybridized carbons (Fsp3) is 0.133. The monoisotopic (exact) mass is 226 g/mol. The minimum absolute atomic E-state index is 0.418. The van der Waals surface area contributed by atoms with E-state index in [1.807, 2.05) is 54.6 Å². The molecule has 1 atom stereocenters. The average Bonchev–Trinajstić information content (AvgIpc) is 2.40. The zero-order valence-electron chi connectivity index (χ0n) is 9.41. The number of carbonyl (C=O) groups excluding carboxylic acids is 1. The first-order valence-corrected chi connectivity index (χ1v) is 5.57. The Morgan fingerprint density at radius 3 is 2.12 bits per heavy atom. The number of benzene rings is 2. The van der Waals surface area contributed by atoms with Crippen LogP contribution in [0.25, 0.3) is 0 Å². The molecule has 0 fully saturated rings. The van der Waals surface area contributed by atoms with E-state index in [4.69, 9.17) is 0 Å². The predicted molar refractivity (Wildman–Crippen MR) is 66.7 cm³/mol. The summed E-state index contributed by atoms with van der Waals surface area (Å²) >= 11 is 0. The maximum atomic E-state index is 10.4. The van der Waals surface area contributed by atoms with Crippen molar-refractivity contribution < 1.29 is 9.90 Å². The number of aliphatic hydroxyl groups is 1. The largest absolute Gasteiger partial charge is 0.384 e. The summed E-state index contributed by atoms with van der Waals surface area (Å²) in [4.78, 5) is 10.4. The van der Waals surface area contributed by atoms with E-state index >= 15 is 0 Å². The quantitative estimate of drug-likeness (QED) is 0.813. The van der Waals surface area contributed by atoms with E-state index in [2.05, 4.69) is 0 Å². The van der Waals surface area contributed by atoms with Gasteiger partial charge in [-0.05, 0) is 16.7 Å². The van der Waals surface area contributed by atoms with Crippen LogP contribution in [0.1, 0.15) is 22.8 Å². The summed E-state index contributed by atoms with van der Waals surface area (Å²) in [7, 11) is 0. The first kappa shape index (κ1) is 11.6. The Kier molecular flexibility index (Phi) is 3.68. The second kappa shape index (κ2) is 5.41. The molecule has 0 aliphatic carbocycles. The van der Waals surface area contributed by atoms with Crippen LogP contribution in [-0.4, -0.2) is 11.4 Å². The van der Waals surface area contributed by atoms with Gasteiger partial charge in [-0.3, -0.25) is 0 Å². The molecule has 1 unspecified atom stereocenters. The van der Waals surface area contributed by atoms with Crippen molar-refractivity contribution in [3.63, 3.8) is 0 Å². The molecule has 2 aromatic rings. The van der Waals surface area contributed by atoms with Gasteiger partial charge in [0, 0.05) is 6.42 Å². The molecule has 0 saturated heterocycles. The second-order valence-electron chi connectivity index (χ2n) is 3.93. The lowest BCUT2D eigenvalue weighted by Crippen LogP contribution is -1.99. The van der Waals surface area contributed by atoms with E-state index in [1.165, 1.54) is 0 Å². The van der Waals surface area contributed by atoms with Crippen molar-refractivity contribution in [1.29, 1.82) is 0 Å². The summed E-state index contributed by atoms with van der Waals surface area (Å²) in [5.41, 5.74) is 2.67. The fourth-order valence-corrected chi connectivity index (χ4v) is 1.76. The molecule has 2 heteroatoms. The van der Waals surface area contributed by atoms with Crippen LogP contribution in [0.2, 0.25) is 0 Å². The van der Waals surface area contributed by atoms with Crippen LogP contribution in [0.3, 0.4) is 0 Å². The van der Waals surface area contributed by atoms with E-state index < -0.39 is 6.10 Å². The van der Waals surface area contributed by atoms with Crippen molar-refractivity contribution in [2.45, 2.75) is 12.5 Å². The molecule has 2 nitrogen and oxygen atoms in total. The van der Waals surface area contributed by atoms with E-state index in [-0.39, 0.29) is 0 Å². The third-order valence-electron chi connectivity index (χ3n) is 2.73. The molecule has 86 valence electrons. The number of aliphatic hydroxyl groups excluding tert-OH is 1. The van der Waals surface area contributed by atoms with Crippen LogP contribution in [-0.2, 0) is 11.2 Å². The van der Waals surface area contributed by atoms with Crippen LogP contribution < -0.4 is 0 Å². The summed E-state index contributed by atoms with van der Waals surface area (Å²) in [6.45, 7) is 0. The van der Waals surface area contributed by atoms with Gasteiger partial charge in [-0.15, -0.1) is 0 Å². The Hall–Kier alpha value is -1.93. The highest BCUT2D eigenvalue weighted by Gasteiger charge is 2.09. The number of hydrogen-bond donors (Lipinski definition) is 1. The molecule has 0 saturated carbocycles. The molecule has 0 bridgehead atoms. The summed E-state index contributed by atoms with van der Waals surface area (Å²) in [5, 5.41) is 10.1. The molecular weight excluding hydrogens is 212 g/mol. The smallest absolute Gasteiger partial charge is 0.124 e. The molecule has 2 aromatic carbocycles. The van der Waals surface area contributed by atoms with Crippen LogP contribution in [0.15, 0.2) is 54.6 Å². The Bertz CT molecular complexity index is 474. The molecule has 0 aliphatic rings. The van der Waals surface area contributed by atoms with Gasteiger partial charge in [0.05, 0.1) is 0 Å². The van der Waals surface area contributed by atoms with E-state index in [0.717, 1.165) is 23.0 Å². The molecule has 0 spiro atoms. The number of aldehydes is 1. The lowest BCUT2D eigenvalue weighted by Gasteiger charge is -2.11. The van der Waals surface area contributed by atoms with Crippen molar-refractivity contribution in [3.8, 4) is 0 Å². The van der Waals surface area contributed by atoms with Gasteiger partial charge in [0.15, 0.2) is 0 Å². The number of rotatable bonds is 4. The molecule has 0 radical (unpaired) electrons. The topological polar surface area (TPSA) is 37.3 Å². The van der Waals surface area contributed by atoms with Crippen LogP contribution in [0.4, 0.5) is 0 Å². The third-order valence-corrected chi connectivity index (χ3v) is 2.73. The normalized spacial score (nSPS) is 12.1. The highest BCUT2D eigenvalue weighted by atomic mass is 16.3. The van der Waals surface area contributed by atoms with E-state index in [1.54, 1.807) is 0 Å². The number of carbonyl (C=O) groups is 1. The summed E-state index contributed by atoms with van der Waals surface area (Å²) in [6, 6.07) is 17.0. The lowest BCUT2D eigenvalue weighted by atomic mass is 10.00. The Labute approximate surface area is 101 Å². The second-order valence-corrected chi connectivity index (χ2v) is 3.93. The molecule has 0 aliphatic heterocycles. The number of hydrogen-bond acceptors (Lipinski definition) is 2. The van der Waals surface area contributed by atoms with Gasteiger partial charge < -0.3 is 9.90 Å². The molecule has 2 rings (SSSR count). The first-order chi connectivity index (χ1) is 8.31. The molecule has 0 heterocycles. The maximum absolute atomic E-state index is 10.4. The van der Waals surface area contributed by atoms with Crippen molar-refractivity contribution in [2.75, 3.05) is 0 Å². The SMILES string of the molecule is O=CCc1ccc(C(O)c2ccccc2)cc1. The van der Waals surface area contributed by atoms with Crippen molar-refractivity contribution in [3.05, 3.63) is 71.3 Å². The Balaban J connectivity index is 2.20. The molecular formula is C15H14O2. The van der Waals surface area contributed by atoms with Gasteiger partial charge in [0.25, 0.3) is 0 Å². The molecule has 1 N–H and O–H groups in total. The standard InChI is InChI=1S/C15H14O2/c16-11-10-12-6-8-14(9-7-12)15(17)13-4-2-1-3-5-13/h1-9,11,15,17H,10H2. The summed E-state index contributed by atoms with van der Waals surface area (Å²) < 4.78 is 0. The fourth-order valence-electron chi connectivity index (χ4n) is 1.76. The highest BCUT2D eigenvalue weighted by molar-refractivity contribution is 5.55.